The first-order valence-electron chi connectivity index (χ1n) is 8.94. The Bertz CT molecular complexity index is 1190. The molecule has 4 aromatic heterocycles. The molecule has 0 aliphatic heterocycles. The van der Waals surface area contributed by atoms with Crippen LogP contribution in [0.4, 0.5) is 17.6 Å². The minimum absolute atomic E-state index is 0.251. The first-order valence-corrected chi connectivity index (χ1v) is 8.94. The van der Waals surface area contributed by atoms with Crippen molar-refractivity contribution in [3.63, 3.8) is 0 Å². The average molecular weight is 416 g/mol. The van der Waals surface area contributed by atoms with Crippen LogP contribution in [0.25, 0.3) is 11.6 Å². The van der Waals surface area contributed by atoms with Crippen LogP contribution in [0.15, 0.2) is 60.9 Å². The van der Waals surface area contributed by atoms with Gasteiger partial charge in [-0.25, -0.2) is 19.3 Å². The normalized spacial score (nSPS) is 12.3. The number of alkyl halides is 3. The lowest BCUT2D eigenvalue weighted by Gasteiger charge is -2.24. The molecule has 0 N–H and O–H groups in total. The van der Waals surface area contributed by atoms with Crippen molar-refractivity contribution in [3.8, 4) is 11.6 Å². The monoisotopic (exact) mass is 416 g/mol. The Morgan fingerprint density at radius 2 is 1.23 bits per heavy atom. The van der Waals surface area contributed by atoms with Gasteiger partial charge in [0, 0.05) is 23.9 Å². The molecule has 0 unspecified atom stereocenters. The zero-order chi connectivity index (χ0) is 21.5. The molecule has 6 nitrogen and oxygen atoms in total. The maximum atomic E-state index is 13.2. The summed E-state index contributed by atoms with van der Waals surface area (Å²) in [4.78, 5) is 9.07. The van der Waals surface area contributed by atoms with Crippen molar-refractivity contribution in [1.82, 2.24) is 29.5 Å². The van der Waals surface area contributed by atoms with E-state index >= 15 is 0 Å². The molecular formula is C20H16F4N6. The smallest absolute Gasteiger partial charge is 0.233 e. The Morgan fingerprint density at radius 3 is 1.70 bits per heavy atom. The fourth-order valence-electron chi connectivity index (χ4n) is 2.96. The molecule has 10 heteroatoms. The van der Waals surface area contributed by atoms with Crippen LogP contribution in [0.2, 0.25) is 0 Å². The maximum absolute atomic E-state index is 13.2. The predicted molar refractivity (Wildman–Crippen MR) is 99.8 cm³/mol. The number of hydrogen-bond donors (Lipinski definition) is 0. The Labute approximate surface area is 168 Å². The summed E-state index contributed by atoms with van der Waals surface area (Å²) in [6, 6.07) is 12.4. The van der Waals surface area contributed by atoms with E-state index in [1.165, 1.54) is 23.1 Å². The molecule has 30 heavy (non-hydrogen) atoms. The zero-order valence-electron chi connectivity index (χ0n) is 16.0. The number of rotatable bonds is 4. The molecule has 0 atom stereocenters. The second kappa shape index (κ2) is 7.05. The van der Waals surface area contributed by atoms with Crippen molar-refractivity contribution in [3.05, 3.63) is 84.0 Å². The first kappa shape index (κ1) is 19.7. The lowest BCUT2D eigenvalue weighted by Crippen LogP contribution is -2.23. The molecule has 4 heterocycles. The minimum Gasteiger partial charge on any atom is -0.233 e. The van der Waals surface area contributed by atoms with Crippen LogP contribution >= 0.6 is 0 Å². The molecular weight excluding hydrogens is 400 g/mol. The van der Waals surface area contributed by atoms with E-state index < -0.39 is 23.2 Å². The van der Waals surface area contributed by atoms with E-state index in [1.54, 1.807) is 36.4 Å². The Balaban J connectivity index is 1.70. The van der Waals surface area contributed by atoms with Gasteiger partial charge in [0.1, 0.15) is 0 Å². The van der Waals surface area contributed by atoms with E-state index in [1.807, 2.05) is 13.8 Å². The van der Waals surface area contributed by atoms with Crippen LogP contribution in [-0.2, 0) is 11.6 Å². The van der Waals surface area contributed by atoms with E-state index in [-0.39, 0.29) is 5.82 Å². The predicted octanol–water partition coefficient (Wildman–Crippen LogP) is 4.33. The third-order valence-corrected chi connectivity index (χ3v) is 4.65. The second-order valence-electron chi connectivity index (χ2n) is 7.11. The van der Waals surface area contributed by atoms with Gasteiger partial charge in [-0.05, 0) is 44.2 Å². The number of pyridine rings is 2. The minimum atomic E-state index is -4.53. The van der Waals surface area contributed by atoms with Gasteiger partial charge in [-0.15, -0.1) is 5.10 Å². The number of halogens is 4. The van der Waals surface area contributed by atoms with Gasteiger partial charge in [0.2, 0.25) is 5.95 Å². The van der Waals surface area contributed by atoms with Gasteiger partial charge in [0.25, 0.3) is 0 Å². The summed E-state index contributed by atoms with van der Waals surface area (Å²) in [6.07, 6.45) is -1.85. The molecule has 0 saturated carbocycles. The fraction of sp³-hybridized carbons (Fsp3) is 0.200. The van der Waals surface area contributed by atoms with Crippen molar-refractivity contribution in [1.29, 1.82) is 0 Å². The van der Waals surface area contributed by atoms with Crippen molar-refractivity contribution < 1.29 is 17.6 Å². The standard InChI is InChI=1S/C20H16F4N6/c1-19(2,14-6-4-8-18(26-14)30-12-10-16(21)28-30)13-5-3-7-17(25-13)29-11-9-15(27-29)20(22,23)24/h3-12H,1-2H3. The van der Waals surface area contributed by atoms with Gasteiger partial charge >= 0.3 is 6.18 Å². The fourth-order valence-corrected chi connectivity index (χ4v) is 2.96. The van der Waals surface area contributed by atoms with E-state index in [0.29, 0.717) is 17.2 Å². The highest BCUT2D eigenvalue weighted by Crippen LogP contribution is 2.31. The van der Waals surface area contributed by atoms with Crippen molar-refractivity contribution >= 4 is 0 Å². The van der Waals surface area contributed by atoms with E-state index in [4.69, 9.17) is 0 Å². The molecule has 0 aliphatic carbocycles. The summed E-state index contributed by atoms with van der Waals surface area (Å²) in [5.74, 6) is 0.0668. The molecule has 0 aliphatic rings. The molecule has 0 fully saturated rings. The van der Waals surface area contributed by atoms with Crippen LogP contribution in [0, 0.1) is 5.95 Å². The van der Waals surface area contributed by atoms with Crippen LogP contribution < -0.4 is 0 Å². The zero-order valence-corrected chi connectivity index (χ0v) is 16.0. The number of hydrogen-bond acceptors (Lipinski definition) is 4. The van der Waals surface area contributed by atoms with Gasteiger partial charge in [-0.2, -0.15) is 22.7 Å². The molecule has 0 amide bonds. The molecule has 0 radical (unpaired) electrons. The summed E-state index contributed by atoms with van der Waals surface area (Å²) in [6.45, 7) is 3.78. The van der Waals surface area contributed by atoms with Gasteiger partial charge in [-0.3, -0.25) is 0 Å². The lowest BCUT2D eigenvalue weighted by atomic mass is 9.84. The van der Waals surface area contributed by atoms with Gasteiger partial charge in [0.15, 0.2) is 17.3 Å². The molecule has 4 aromatic rings. The number of nitrogens with zero attached hydrogens (tertiary/aromatic N) is 6. The van der Waals surface area contributed by atoms with Crippen LogP contribution in [0.1, 0.15) is 30.9 Å². The summed E-state index contributed by atoms with van der Waals surface area (Å²) < 4.78 is 54.2. The molecule has 0 aromatic carbocycles. The largest absolute Gasteiger partial charge is 0.435 e. The summed E-state index contributed by atoms with van der Waals surface area (Å²) in [5.41, 5.74) is -0.468. The summed E-state index contributed by atoms with van der Waals surface area (Å²) >= 11 is 0. The molecule has 0 bridgehead atoms. The summed E-state index contributed by atoms with van der Waals surface area (Å²) in [5, 5.41) is 7.29. The van der Waals surface area contributed by atoms with Crippen molar-refractivity contribution in [2.24, 2.45) is 0 Å². The van der Waals surface area contributed by atoms with Crippen molar-refractivity contribution in [2.45, 2.75) is 25.4 Å². The third kappa shape index (κ3) is 3.68. The highest BCUT2D eigenvalue weighted by molar-refractivity contribution is 5.36. The first-order chi connectivity index (χ1) is 14.1. The lowest BCUT2D eigenvalue weighted by molar-refractivity contribution is -0.141. The Kier molecular flexibility index (Phi) is 4.64. The second-order valence-corrected chi connectivity index (χ2v) is 7.11. The van der Waals surface area contributed by atoms with Gasteiger partial charge < -0.3 is 0 Å². The van der Waals surface area contributed by atoms with Gasteiger partial charge in [-0.1, -0.05) is 12.1 Å². The quantitative estimate of drug-likeness (QED) is 0.465. The SMILES string of the molecule is CC(C)(c1cccc(-n2ccc(F)n2)n1)c1cccc(-n2ccc(C(F)(F)F)n2)n1. The maximum Gasteiger partial charge on any atom is 0.435 e. The molecule has 0 saturated heterocycles. The Morgan fingerprint density at radius 1 is 0.700 bits per heavy atom. The van der Waals surface area contributed by atoms with Crippen LogP contribution in [0.3, 0.4) is 0 Å². The van der Waals surface area contributed by atoms with E-state index in [9.17, 15) is 17.6 Å². The van der Waals surface area contributed by atoms with Gasteiger partial charge in [0.05, 0.1) is 11.4 Å². The molecule has 154 valence electrons. The summed E-state index contributed by atoms with van der Waals surface area (Å²) in [7, 11) is 0. The third-order valence-electron chi connectivity index (χ3n) is 4.65. The molecule has 4 rings (SSSR count). The van der Waals surface area contributed by atoms with Crippen LogP contribution in [-0.4, -0.2) is 29.5 Å². The topological polar surface area (TPSA) is 61.4 Å². The molecule has 0 spiro atoms. The van der Waals surface area contributed by atoms with E-state index in [0.717, 1.165) is 10.7 Å². The van der Waals surface area contributed by atoms with Crippen LogP contribution in [0.5, 0.6) is 0 Å². The average Bonchev–Trinajstić information content (AvgIpc) is 3.37. The highest BCUT2D eigenvalue weighted by atomic mass is 19.4. The Hall–Kier alpha value is -3.56. The van der Waals surface area contributed by atoms with E-state index in [2.05, 4.69) is 20.2 Å². The van der Waals surface area contributed by atoms with Crippen molar-refractivity contribution in [2.75, 3.05) is 0 Å². The number of aromatic nitrogens is 6. The highest BCUT2D eigenvalue weighted by Gasteiger charge is 2.34.